The van der Waals surface area contributed by atoms with Crippen molar-refractivity contribution in [1.29, 1.82) is 0 Å². The molecule has 1 saturated heterocycles. The number of methoxy groups -OCH3 is 1. The van der Waals surface area contributed by atoms with E-state index in [9.17, 15) is 19.7 Å². The van der Waals surface area contributed by atoms with Gasteiger partial charge in [0, 0.05) is 36.8 Å². The minimum absolute atomic E-state index is 0.117. The molecule has 1 fully saturated rings. The van der Waals surface area contributed by atoms with Crippen molar-refractivity contribution in [1.82, 2.24) is 4.90 Å². The van der Waals surface area contributed by atoms with Crippen LogP contribution in [0.2, 0.25) is 0 Å². The van der Waals surface area contributed by atoms with E-state index in [4.69, 9.17) is 0 Å². The molecule has 0 N–H and O–H groups in total. The average Bonchev–Trinajstić information content (AvgIpc) is 2.65. The van der Waals surface area contributed by atoms with E-state index in [2.05, 4.69) is 21.7 Å². The Balaban J connectivity index is 2.21. The van der Waals surface area contributed by atoms with Gasteiger partial charge in [0.2, 0.25) is 5.71 Å². The van der Waals surface area contributed by atoms with Crippen LogP contribution in [-0.2, 0) is 9.53 Å². The second-order valence-electron chi connectivity index (χ2n) is 5.35. The van der Waals surface area contributed by atoms with Gasteiger partial charge in [0.1, 0.15) is 0 Å². The summed E-state index contributed by atoms with van der Waals surface area (Å²) in [4.78, 5) is 39.6. The van der Waals surface area contributed by atoms with Gasteiger partial charge < -0.3 is 9.64 Å². The molecule has 25 heavy (non-hydrogen) atoms. The molecule has 8 heteroatoms. The number of aliphatic imine (C=N–C) groups is 1. The fraction of sp³-hybridized carbons (Fsp3) is 0.353. The second kappa shape index (κ2) is 8.59. The van der Waals surface area contributed by atoms with Crippen molar-refractivity contribution < 1.29 is 19.2 Å². The number of piperidine rings is 1. The lowest BCUT2D eigenvalue weighted by Crippen LogP contribution is -2.25. The molecule has 0 bridgehead atoms. The number of hydrogen-bond donors (Lipinski definition) is 0. The first-order valence-corrected chi connectivity index (χ1v) is 7.73. The molecule has 1 heterocycles. The third-order valence-corrected chi connectivity index (χ3v) is 3.61. The number of nitro groups is 1. The average molecular weight is 343 g/mol. The Hall–Kier alpha value is -3.21. The third kappa shape index (κ3) is 5.14. The lowest BCUT2D eigenvalue weighted by atomic mass is 10.1. The molecule has 1 aromatic carbocycles. The van der Waals surface area contributed by atoms with Crippen LogP contribution in [0.25, 0.3) is 0 Å². The van der Waals surface area contributed by atoms with Gasteiger partial charge in [0.05, 0.1) is 12.0 Å². The Morgan fingerprint density at radius 1 is 1.20 bits per heavy atom. The molecule has 2 rings (SSSR count). The van der Waals surface area contributed by atoms with Gasteiger partial charge in [-0.25, -0.2) is 4.79 Å². The summed E-state index contributed by atoms with van der Waals surface area (Å²) in [7, 11) is 1.18. The molecular formula is C17H17N3O5. The van der Waals surface area contributed by atoms with Gasteiger partial charge in [-0.3, -0.25) is 14.9 Å². The molecule has 130 valence electrons. The molecule has 0 atom stereocenters. The summed E-state index contributed by atoms with van der Waals surface area (Å²) < 4.78 is 4.61. The van der Waals surface area contributed by atoms with Crippen molar-refractivity contribution in [3.63, 3.8) is 0 Å². The Labute approximate surface area is 144 Å². The number of benzene rings is 1. The van der Waals surface area contributed by atoms with Crippen LogP contribution in [-0.4, -0.2) is 47.6 Å². The van der Waals surface area contributed by atoms with Gasteiger partial charge in [-0.05, 0) is 37.3 Å². The van der Waals surface area contributed by atoms with E-state index in [1.54, 1.807) is 0 Å². The summed E-state index contributed by atoms with van der Waals surface area (Å²) in [6, 6.07) is 7.77. The summed E-state index contributed by atoms with van der Waals surface area (Å²) in [5.74, 6) is 1.07. The first-order chi connectivity index (χ1) is 12.0. The third-order valence-electron chi connectivity index (χ3n) is 3.61. The zero-order chi connectivity index (χ0) is 18.2. The predicted octanol–water partition coefficient (Wildman–Crippen LogP) is 1.80. The molecular weight excluding hydrogens is 326 g/mol. The zero-order valence-electron chi connectivity index (χ0n) is 13.7. The van der Waals surface area contributed by atoms with Crippen LogP contribution in [0.1, 0.15) is 29.6 Å². The van der Waals surface area contributed by atoms with Crippen molar-refractivity contribution in [3.05, 3.63) is 39.9 Å². The summed E-state index contributed by atoms with van der Waals surface area (Å²) >= 11 is 0. The summed E-state index contributed by atoms with van der Waals surface area (Å²) in [6.45, 7) is 1.61. The monoisotopic (exact) mass is 343 g/mol. The molecule has 0 spiro atoms. The zero-order valence-corrected chi connectivity index (χ0v) is 13.7. The first-order valence-electron chi connectivity index (χ1n) is 7.73. The fourth-order valence-corrected chi connectivity index (χ4v) is 2.25. The number of ether oxygens (including phenoxy) is 1. The number of amides is 1. The van der Waals surface area contributed by atoms with Crippen molar-refractivity contribution in [3.8, 4) is 12.0 Å². The smallest absolute Gasteiger partial charge is 0.365 e. The standard InChI is InChI=1S/C17H17N3O5/c1-25-17(22)15(9-12-19-10-3-2-4-11-19)18-16(21)13-5-7-14(8-6-13)20(23)24/h5-8H,2-4,10-11H2,1H3. The lowest BCUT2D eigenvalue weighted by molar-refractivity contribution is -0.384. The van der Waals surface area contributed by atoms with Gasteiger partial charge in [-0.1, -0.05) is 0 Å². The van der Waals surface area contributed by atoms with E-state index in [1.165, 1.54) is 31.4 Å². The summed E-state index contributed by atoms with van der Waals surface area (Å²) in [5.41, 5.74) is -0.318. The first kappa shape index (κ1) is 18.1. The normalized spacial score (nSPS) is 14.3. The van der Waals surface area contributed by atoms with Crippen LogP contribution in [0.4, 0.5) is 5.69 Å². The maximum absolute atomic E-state index is 12.2. The highest BCUT2D eigenvalue weighted by atomic mass is 16.6. The minimum Gasteiger partial charge on any atom is -0.464 e. The van der Waals surface area contributed by atoms with Crippen molar-refractivity contribution in [2.24, 2.45) is 4.99 Å². The highest BCUT2D eigenvalue weighted by Crippen LogP contribution is 2.13. The van der Waals surface area contributed by atoms with E-state index in [0.29, 0.717) is 0 Å². The Bertz CT molecular complexity index is 753. The maximum Gasteiger partial charge on any atom is 0.365 e. The molecule has 1 aliphatic heterocycles. The van der Waals surface area contributed by atoms with Crippen molar-refractivity contribution in [2.75, 3.05) is 20.2 Å². The molecule has 0 aromatic heterocycles. The minimum atomic E-state index is -0.806. The van der Waals surface area contributed by atoms with Gasteiger partial charge in [0.25, 0.3) is 11.6 Å². The number of carbonyl (C=O) groups excluding carboxylic acids is 2. The SMILES string of the molecule is COC(=O)C(C#CN1CCCCC1)=NC(=O)c1ccc([N+](=O)[O-])cc1. The molecule has 0 aliphatic carbocycles. The van der Waals surface area contributed by atoms with E-state index in [-0.39, 0.29) is 17.0 Å². The number of carbonyl (C=O) groups is 2. The van der Waals surface area contributed by atoms with Crippen molar-refractivity contribution in [2.45, 2.75) is 19.3 Å². The molecule has 1 aromatic rings. The van der Waals surface area contributed by atoms with Crippen LogP contribution in [0, 0.1) is 22.1 Å². The quantitative estimate of drug-likeness (QED) is 0.273. The number of nitro benzene ring substituents is 1. The number of esters is 1. The molecule has 8 nitrogen and oxygen atoms in total. The maximum atomic E-state index is 12.2. The Morgan fingerprint density at radius 3 is 2.40 bits per heavy atom. The van der Waals surface area contributed by atoms with Gasteiger partial charge in [-0.2, -0.15) is 4.99 Å². The highest BCUT2D eigenvalue weighted by molar-refractivity contribution is 6.45. The Morgan fingerprint density at radius 2 is 1.84 bits per heavy atom. The van der Waals surface area contributed by atoms with Crippen LogP contribution in [0.5, 0.6) is 0 Å². The fourth-order valence-electron chi connectivity index (χ4n) is 2.25. The van der Waals surface area contributed by atoms with E-state index >= 15 is 0 Å². The van der Waals surface area contributed by atoms with Crippen LogP contribution in [0.3, 0.4) is 0 Å². The van der Waals surface area contributed by atoms with Gasteiger partial charge >= 0.3 is 5.97 Å². The van der Waals surface area contributed by atoms with Gasteiger partial charge in [-0.15, -0.1) is 0 Å². The second-order valence-corrected chi connectivity index (χ2v) is 5.35. The molecule has 1 amide bonds. The highest BCUT2D eigenvalue weighted by Gasteiger charge is 2.15. The van der Waals surface area contributed by atoms with E-state index in [0.717, 1.165) is 32.4 Å². The van der Waals surface area contributed by atoms with E-state index < -0.39 is 16.8 Å². The van der Waals surface area contributed by atoms with Crippen molar-refractivity contribution >= 4 is 23.3 Å². The number of hydrogen-bond acceptors (Lipinski definition) is 6. The summed E-state index contributed by atoms with van der Waals surface area (Å²) in [5, 5.41) is 10.6. The van der Waals surface area contributed by atoms with E-state index in [1.807, 2.05) is 4.90 Å². The van der Waals surface area contributed by atoms with Gasteiger partial charge in [0.15, 0.2) is 0 Å². The topological polar surface area (TPSA) is 102 Å². The number of nitrogens with zero attached hydrogens (tertiary/aromatic N) is 3. The largest absolute Gasteiger partial charge is 0.464 e. The number of non-ortho nitro benzene ring substituents is 1. The molecule has 0 saturated carbocycles. The molecule has 0 radical (unpaired) electrons. The predicted molar refractivity (Wildman–Crippen MR) is 90.1 cm³/mol. The lowest BCUT2D eigenvalue weighted by Gasteiger charge is -2.21. The van der Waals surface area contributed by atoms with Crippen LogP contribution < -0.4 is 0 Å². The van der Waals surface area contributed by atoms with Crippen LogP contribution >= 0.6 is 0 Å². The number of rotatable bonds is 3. The number of likely N-dealkylation sites (tertiary alicyclic amines) is 1. The molecule has 0 unspecified atom stereocenters. The van der Waals surface area contributed by atoms with Crippen LogP contribution in [0.15, 0.2) is 29.3 Å². The Kier molecular flexibility index (Phi) is 6.23. The summed E-state index contributed by atoms with van der Waals surface area (Å²) in [6.07, 6.45) is 3.21. The molecule has 1 aliphatic rings.